The van der Waals surface area contributed by atoms with Gasteiger partial charge in [0.25, 0.3) is 5.91 Å². The molecular weight excluding hydrogens is 390 g/mol. The van der Waals surface area contributed by atoms with E-state index < -0.39 is 0 Å². The Morgan fingerprint density at radius 1 is 1.17 bits per heavy atom. The summed E-state index contributed by atoms with van der Waals surface area (Å²) in [6.07, 6.45) is 4.44. The van der Waals surface area contributed by atoms with Crippen molar-refractivity contribution in [3.63, 3.8) is 0 Å². The van der Waals surface area contributed by atoms with E-state index in [1.807, 2.05) is 50.4 Å². The Hall–Kier alpha value is -2.99. The standard InChI is InChI=1S/C22H24ClN3O3/c1-3-12-29-21-18(23)13-17(14-20(21)28-4-2)22(27)25-19-9-6-5-8-16(19)15-26-11-7-10-24-26/h5-11,13-14H,3-4,12,15H2,1-2H3,(H,25,27). The van der Waals surface area contributed by atoms with Crippen LogP contribution >= 0.6 is 11.6 Å². The Morgan fingerprint density at radius 3 is 2.72 bits per heavy atom. The van der Waals surface area contributed by atoms with Gasteiger partial charge in [-0.1, -0.05) is 36.7 Å². The Bertz CT molecular complexity index is 958. The van der Waals surface area contributed by atoms with E-state index in [1.54, 1.807) is 23.0 Å². The second-order valence-electron chi connectivity index (χ2n) is 6.38. The number of hydrogen-bond acceptors (Lipinski definition) is 4. The molecule has 29 heavy (non-hydrogen) atoms. The molecule has 3 rings (SSSR count). The lowest BCUT2D eigenvalue weighted by atomic mass is 10.1. The quantitative estimate of drug-likeness (QED) is 0.534. The van der Waals surface area contributed by atoms with Gasteiger partial charge in [-0.3, -0.25) is 9.48 Å². The number of nitrogens with zero attached hydrogens (tertiary/aromatic N) is 2. The van der Waals surface area contributed by atoms with Crippen LogP contribution in [0.25, 0.3) is 0 Å². The van der Waals surface area contributed by atoms with Gasteiger partial charge in [-0.2, -0.15) is 5.10 Å². The average molecular weight is 414 g/mol. The zero-order chi connectivity index (χ0) is 20.6. The van der Waals surface area contributed by atoms with Crippen molar-refractivity contribution >= 4 is 23.2 Å². The van der Waals surface area contributed by atoms with Crippen LogP contribution in [0, 0.1) is 0 Å². The number of nitrogens with one attached hydrogen (secondary N) is 1. The molecule has 0 bridgehead atoms. The fraction of sp³-hybridized carbons (Fsp3) is 0.273. The summed E-state index contributed by atoms with van der Waals surface area (Å²) in [6.45, 7) is 5.40. The number of amides is 1. The van der Waals surface area contributed by atoms with Gasteiger partial charge in [0.2, 0.25) is 0 Å². The molecule has 1 N–H and O–H groups in total. The molecule has 0 atom stereocenters. The van der Waals surface area contributed by atoms with E-state index in [0.717, 1.165) is 12.0 Å². The zero-order valence-corrected chi connectivity index (χ0v) is 17.3. The molecule has 3 aromatic rings. The third-order valence-corrected chi connectivity index (χ3v) is 4.46. The van der Waals surface area contributed by atoms with Gasteiger partial charge in [0.05, 0.1) is 24.8 Å². The number of hydrogen-bond donors (Lipinski definition) is 1. The number of aromatic nitrogens is 2. The molecule has 0 aliphatic rings. The van der Waals surface area contributed by atoms with Crippen LogP contribution in [-0.4, -0.2) is 28.9 Å². The van der Waals surface area contributed by atoms with E-state index in [1.165, 1.54) is 0 Å². The number of para-hydroxylation sites is 1. The monoisotopic (exact) mass is 413 g/mol. The second kappa shape index (κ2) is 9.98. The number of benzene rings is 2. The van der Waals surface area contributed by atoms with Crippen molar-refractivity contribution in [1.29, 1.82) is 0 Å². The smallest absolute Gasteiger partial charge is 0.255 e. The van der Waals surface area contributed by atoms with E-state index in [-0.39, 0.29) is 5.91 Å². The second-order valence-corrected chi connectivity index (χ2v) is 6.79. The molecule has 0 unspecified atom stereocenters. The number of carbonyl (C=O) groups excluding carboxylic acids is 1. The maximum Gasteiger partial charge on any atom is 0.255 e. The van der Waals surface area contributed by atoms with Gasteiger partial charge in [-0.25, -0.2) is 0 Å². The summed E-state index contributed by atoms with van der Waals surface area (Å²) < 4.78 is 13.2. The average Bonchev–Trinajstić information content (AvgIpc) is 3.22. The third-order valence-electron chi connectivity index (χ3n) is 4.18. The first-order valence-corrected chi connectivity index (χ1v) is 9.96. The molecule has 1 amide bonds. The maximum atomic E-state index is 12.9. The lowest BCUT2D eigenvalue weighted by Crippen LogP contribution is -2.15. The van der Waals surface area contributed by atoms with Crippen LogP contribution in [0.1, 0.15) is 36.2 Å². The Morgan fingerprint density at radius 2 is 2.00 bits per heavy atom. The lowest BCUT2D eigenvalue weighted by Gasteiger charge is -2.16. The van der Waals surface area contributed by atoms with Gasteiger partial charge in [0.15, 0.2) is 11.5 Å². The van der Waals surface area contributed by atoms with Crippen LogP contribution in [0.4, 0.5) is 5.69 Å². The molecule has 0 spiro atoms. The van der Waals surface area contributed by atoms with Crippen molar-refractivity contribution in [3.8, 4) is 11.5 Å². The largest absolute Gasteiger partial charge is 0.490 e. The summed E-state index contributed by atoms with van der Waals surface area (Å²) in [5.41, 5.74) is 2.06. The van der Waals surface area contributed by atoms with Crippen LogP contribution in [0.5, 0.6) is 11.5 Å². The van der Waals surface area contributed by atoms with E-state index in [2.05, 4.69) is 10.4 Å². The Labute approximate surface area is 175 Å². The predicted molar refractivity (Wildman–Crippen MR) is 114 cm³/mol. The molecule has 1 heterocycles. The van der Waals surface area contributed by atoms with E-state index in [9.17, 15) is 4.79 Å². The number of anilines is 1. The Balaban J connectivity index is 1.84. The fourth-order valence-corrected chi connectivity index (χ4v) is 3.11. The summed E-state index contributed by atoms with van der Waals surface area (Å²) in [6, 6.07) is 12.7. The summed E-state index contributed by atoms with van der Waals surface area (Å²) in [5, 5.41) is 7.53. The molecular formula is C22H24ClN3O3. The van der Waals surface area contributed by atoms with Gasteiger partial charge in [-0.05, 0) is 43.2 Å². The summed E-state index contributed by atoms with van der Waals surface area (Å²) in [7, 11) is 0. The summed E-state index contributed by atoms with van der Waals surface area (Å²) in [4.78, 5) is 12.9. The summed E-state index contributed by atoms with van der Waals surface area (Å²) in [5.74, 6) is 0.650. The number of ether oxygens (including phenoxy) is 2. The van der Waals surface area contributed by atoms with Crippen LogP contribution in [-0.2, 0) is 6.54 Å². The third kappa shape index (κ3) is 5.29. The first-order chi connectivity index (χ1) is 14.1. The molecule has 2 aromatic carbocycles. The highest BCUT2D eigenvalue weighted by Gasteiger charge is 2.17. The van der Waals surface area contributed by atoms with Crippen molar-refractivity contribution < 1.29 is 14.3 Å². The predicted octanol–water partition coefficient (Wildman–Crippen LogP) is 5.02. The fourth-order valence-electron chi connectivity index (χ4n) is 2.85. The normalized spacial score (nSPS) is 10.6. The van der Waals surface area contributed by atoms with Crippen molar-refractivity contribution in [2.75, 3.05) is 18.5 Å². The Kier molecular flexibility index (Phi) is 7.14. The van der Waals surface area contributed by atoms with Crippen molar-refractivity contribution in [3.05, 3.63) is 71.0 Å². The molecule has 0 aliphatic carbocycles. The van der Waals surface area contributed by atoms with Gasteiger partial charge in [-0.15, -0.1) is 0 Å². The van der Waals surface area contributed by atoms with E-state index in [4.69, 9.17) is 21.1 Å². The maximum absolute atomic E-state index is 12.9. The minimum atomic E-state index is -0.275. The molecule has 7 heteroatoms. The molecule has 0 fully saturated rings. The molecule has 6 nitrogen and oxygen atoms in total. The van der Waals surface area contributed by atoms with E-state index in [0.29, 0.717) is 47.5 Å². The minimum Gasteiger partial charge on any atom is -0.490 e. The van der Waals surface area contributed by atoms with Crippen LogP contribution in [0.2, 0.25) is 5.02 Å². The zero-order valence-electron chi connectivity index (χ0n) is 16.5. The van der Waals surface area contributed by atoms with E-state index >= 15 is 0 Å². The van der Waals surface area contributed by atoms with Crippen molar-refractivity contribution in [1.82, 2.24) is 9.78 Å². The van der Waals surface area contributed by atoms with Crippen molar-refractivity contribution in [2.45, 2.75) is 26.8 Å². The summed E-state index contributed by atoms with van der Waals surface area (Å²) >= 11 is 6.38. The molecule has 0 aliphatic heterocycles. The van der Waals surface area contributed by atoms with Crippen molar-refractivity contribution in [2.24, 2.45) is 0 Å². The topological polar surface area (TPSA) is 65.4 Å². The number of rotatable bonds is 9. The molecule has 0 saturated carbocycles. The SMILES string of the molecule is CCCOc1c(Cl)cc(C(=O)Nc2ccccc2Cn2cccn2)cc1OCC. The highest BCUT2D eigenvalue weighted by molar-refractivity contribution is 6.32. The molecule has 0 saturated heterocycles. The highest BCUT2D eigenvalue weighted by atomic mass is 35.5. The first kappa shape index (κ1) is 20.7. The first-order valence-electron chi connectivity index (χ1n) is 9.58. The number of halogens is 1. The molecule has 0 radical (unpaired) electrons. The molecule has 1 aromatic heterocycles. The van der Waals surface area contributed by atoms with Crippen LogP contribution in [0.3, 0.4) is 0 Å². The minimum absolute atomic E-state index is 0.275. The molecule has 152 valence electrons. The highest BCUT2D eigenvalue weighted by Crippen LogP contribution is 2.37. The van der Waals surface area contributed by atoms with Crippen LogP contribution < -0.4 is 14.8 Å². The van der Waals surface area contributed by atoms with Gasteiger partial charge in [0, 0.05) is 23.6 Å². The van der Waals surface area contributed by atoms with Crippen LogP contribution in [0.15, 0.2) is 54.9 Å². The van der Waals surface area contributed by atoms with Gasteiger partial charge in [0.1, 0.15) is 0 Å². The number of carbonyl (C=O) groups is 1. The van der Waals surface area contributed by atoms with Gasteiger partial charge >= 0.3 is 0 Å². The lowest BCUT2D eigenvalue weighted by molar-refractivity contribution is 0.102. The van der Waals surface area contributed by atoms with Gasteiger partial charge < -0.3 is 14.8 Å².